The van der Waals surface area contributed by atoms with Crippen molar-refractivity contribution in [2.45, 2.75) is 70.1 Å². The first-order chi connectivity index (χ1) is 16.6. The highest BCUT2D eigenvalue weighted by molar-refractivity contribution is 5.90. The van der Waals surface area contributed by atoms with Gasteiger partial charge in [0.25, 0.3) is 0 Å². The van der Waals surface area contributed by atoms with Gasteiger partial charge in [-0.1, -0.05) is 44.2 Å². The van der Waals surface area contributed by atoms with Gasteiger partial charge in [0, 0.05) is 43.7 Å². The number of benzene rings is 2. The number of hydrogen-bond donors (Lipinski definition) is 0. The van der Waals surface area contributed by atoms with Crippen LogP contribution in [-0.2, 0) is 26.3 Å². The van der Waals surface area contributed by atoms with E-state index in [9.17, 15) is 4.79 Å². The first kappa shape index (κ1) is 25.0. The minimum atomic E-state index is -0.360. The lowest BCUT2D eigenvalue weighted by Gasteiger charge is -2.43. The van der Waals surface area contributed by atoms with Gasteiger partial charge in [-0.3, -0.25) is 9.80 Å². The van der Waals surface area contributed by atoms with Crippen molar-refractivity contribution in [2.24, 2.45) is 0 Å². The van der Waals surface area contributed by atoms with E-state index in [-0.39, 0.29) is 28.9 Å². The molecule has 2 saturated heterocycles. The third-order valence-electron chi connectivity index (χ3n) is 7.24. The van der Waals surface area contributed by atoms with Crippen LogP contribution in [0.25, 0.3) is 0 Å². The van der Waals surface area contributed by atoms with Crippen LogP contribution in [0.4, 0.5) is 10.5 Å². The van der Waals surface area contributed by atoms with Gasteiger partial charge in [0.2, 0.25) is 0 Å². The number of para-hydroxylation sites is 1. The second-order valence-corrected chi connectivity index (χ2v) is 11.1. The molecule has 1 amide bonds. The molecule has 1 spiro atoms. The van der Waals surface area contributed by atoms with Crippen molar-refractivity contribution in [1.82, 2.24) is 4.90 Å². The molecule has 5 rings (SSSR count). The van der Waals surface area contributed by atoms with E-state index in [0.29, 0.717) is 6.54 Å². The number of rotatable bonds is 3. The van der Waals surface area contributed by atoms with Crippen LogP contribution in [0, 0.1) is 0 Å². The Morgan fingerprint density at radius 2 is 1.60 bits per heavy atom. The molecule has 186 valence electrons. The van der Waals surface area contributed by atoms with Crippen LogP contribution in [0.15, 0.2) is 48.5 Å². The molecule has 35 heavy (non-hydrogen) atoms. The highest BCUT2D eigenvalue weighted by atomic mass is 16.6. The Kier molecular flexibility index (Phi) is 6.76. The first-order valence-corrected chi connectivity index (χ1v) is 12.2. The van der Waals surface area contributed by atoms with Crippen molar-refractivity contribution in [3.05, 3.63) is 59.7 Å². The van der Waals surface area contributed by atoms with Crippen LogP contribution in [0.1, 0.15) is 58.1 Å². The van der Waals surface area contributed by atoms with Crippen LogP contribution in [0.5, 0.6) is 5.75 Å². The fourth-order valence-corrected chi connectivity index (χ4v) is 5.85. The van der Waals surface area contributed by atoms with E-state index in [2.05, 4.69) is 50.8 Å². The molecule has 3 aliphatic rings. The van der Waals surface area contributed by atoms with Crippen LogP contribution >= 0.6 is 0 Å². The Morgan fingerprint density at radius 3 is 2.26 bits per heavy atom. The molecular weight excluding hydrogens is 444 g/mol. The van der Waals surface area contributed by atoms with E-state index in [4.69, 9.17) is 19.1 Å². The van der Waals surface area contributed by atoms with Crippen LogP contribution in [0.3, 0.4) is 0 Å². The summed E-state index contributed by atoms with van der Waals surface area (Å²) in [6, 6.07) is 16.5. The fourth-order valence-electron chi connectivity index (χ4n) is 5.85. The summed E-state index contributed by atoms with van der Waals surface area (Å²) >= 11 is 0. The maximum Gasteiger partial charge on any atom is 0.415 e. The van der Waals surface area contributed by atoms with Gasteiger partial charge in [-0.25, -0.2) is 4.79 Å². The highest BCUT2D eigenvalue weighted by Crippen LogP contribution is 2.45. The minimum absolute atomic E-state index is 0.0952. The summed E-state index contributed by atoms with van der Waals surface area (Å²) in [6.45, 7) is 12.4. The van der Waals surface area contributed by atoms with Gasteiger partial charge in [0.05, 0.1) is 6.54 Å². The summed E-state index contributed by atoms with van der Waals surface area (Å²) in [4.78, 5) is 33.1. The fraction of sp³-hybridized carbons (Fsp3) is 0.500. The molecule has 0 saturated carbocycles. The number of nitrogens with zero attached hydrogens (tertiary/aromatic N) is 2. The Balaban J connectivity index is 0.000000917. The molecule has 2 aromatic carbocycles. The Bertz CT molecular complexity index is 1100. The Hall–Kier alpha value is -3.15. The van der Waals surface area contributed by atoms with Gasteiger partial charge in [-0.2, -0.15) is 9.59 Å². The number of carbonyl (C=O) groups is 1. The van der Waals surface area contributed by atoms with Crippen LogP contribution in [0.2, 0.25) is 0 Å². The normalized spacial score (nSPS) is 21.7. The van der Waals surface area contributed by atoms with Crippen molar-refractivity contribution in [1.29, 1.82) is 0 Å². The van der Waals surface area contributed by atoms with Crippen molar-refractivity contribution in [3.8, 4) is 5.75 Å². The molecule has 2 fully saturated rings. The second-order valence-electron chi connectivity index (χ2n) is 11.1. The van der Waals surface area contributed by atoms with Gasteiger partial charge in [-0.05, 0) is 49.4 Å². The molecule has 0 radical (unpaired) electrons. The molecule has 0 aliphatic carbocycles. The molecule has 7 nitrogen and oxygen atoms in total. The monoisotopic (exact) mass is 478 g/mol. The zero-order valence-corrected chi connectivity index (χ0v) is 21.0. The third kappa shape index (κ3) is 5.42. The zero-order chi connectivity index (χ0) is 25.3. The number of amides is 1. The lowest BCUT2D eigenvalue weighted by Crippen LogP contribution is -2.46. The van der Waals surface area contributed by atoms with E-state index < -0.39 is 0 Å². The molecule has 0 atom stereocenters. The van der Waals surface area contributed by atoms with Crippen molar-refractivity contribution in [2.75, 3.05) is 24.5 Å². The lowest BCUT2D eigenvalue weighted by molar-refractivity contribution is -0.191. The number of likely N-dealkylation sites (tertiary alicyclic amines) is 1. The summed E-state index contributed by atoms with van der Waals surface area (Å²) in [7, 11) is 0. The molecule has 0 unspecified atom stereocenters. The molecular formula is C28H34N2O5. The summed E-state index contributed by atoms with van der Waals surface area (Å²) < 4.78 is 12.2. The number of fused-ring (bicyclic) bond motifs is 1. The van der Waals surface area contributed by atoms with E-state index in [1.807, 2.05) is 30.3 Å². The summed E-state index contributed by atoms with van der Waals surface area (Å²) in [5, 5.41) is 0. The van der Waals surface area contributed by atoms with Crippen LogP contribution < -0.4 is 9.64 Å². The smallest absolute Gasteiger partial charge is 0.415 e. The molecule has 2 aromatic rings. The zero-order valence-electron chi connectivity index (χ0n) is 21.0. The molecule has 7 heteroatoms. The van der Waals surface area contributed by atoms with E-state index in [0.717, 1.165) is 50.3 Å². The van der Waals surface area contributed by atoms with Crippen molar-refractivity contribution >= 4 is 17.9 Å². The molecule has 0 N–H and O–H groups in total. The maximum atomic E-state index is 12.5. The number of piperidine rings is 1. The Morgan fingerprint density at radius 1 is 0.943 bits per heavy atom. The van der Waals surface area contributed by atoms with E-state index in [1.165, 1.54) is 11.1 Å². The van der Waals surface area contributed by atoms with Crippen LogP contribution in [-0.4, -0.2) is 48.0 Å². The SMILES string of the molecule is CC1(C)CC(C)(C)c2cc(CN3CCC4(CC3)CN(c3ccccc3)C(=O)O4)ccc2O1.O=C=O. The van der Waals surface area contributed by atoms with Gasteiger partial charge in [0.1, 0.15) is 17.0 Å². The van der Waals surface area contributed by atoms with Gasteiger partial charge >= 0.3 is 12.2 Å². The second kappa shape index (κ2) is 9.48. The molecule has 3 aliphatic heterocycles. The number of carbonyl (C=O) groups excluding carboxylic acids is 3. The standard InChI is InChI=1S/C27H34N2O3.CO2/c1-25(2)18-26(3,4)31-23-11-10-20(16-22(23)25)17-28-14-12-27(13-15-28)19-29(24(30)32-27)21-8-6-5-7-9-21;2-1-3/h5-11,16H,12-15,17-19H2,1-4H3;. The summed E-state index contributed by atoms with van der Waals surface area (Å²) in [5.74, 6) is 1.02. The topological polar surface area (TPSA) is 76.2 Å². The van der Waals surface area contributed by atoms with Crippen molar-refractivity contribution < 1.29 is 23.9 Å². The summed E-state index contributed by atoms with van der Waals surface area (Å²) in [6.07, 6.45) is 2.78. The Labute approximate surface area is 207 Å². The largest absolute Gasteiger partial charge is 0.488 e. The quantitative estimate of drug-likeness (QED) is 0.622. The summed E-state index contributed by atoms with van der Waals surface area (Å²) in [5.41, 5.74) is 3.15. The maximum absolute atomic E-state index is 12.5. The molecule has 0 bridgehead atoms. The van der Waals surface area contributed by atoms with Crippen molar-refractivity contribution in [3.63, 3.8) is 0 Å². The highest BCUT2D eigenvalue weighted by Gasteiger charge is 2.47. The van der Waals surface area contributed by atoms with E-state index >= 15 is 0 Å². The number of hydrogen-bond acceptors (Lipinski definition) is 6. The van der Waals surface area contributed by atoms with E-state index in [1.54, 1.807) is 4.90 Å². The number of anilines is 1. The predicted octanol–water partition coefficient (Wildman–Crippen LogP) is 4.93. The van der Waals surface area contributed by atoms with Gasteiger partial charge in [0.15, 0.2) is 0 Å². The average molecular weight is 479 g/mol. The van der Waals surface area contributed by atoms with Gasteiger partial charge < -0.3 is 9.47 Å². The van der Waals surface area contributed by atoms with Gasteiger partial charge in [-0.15, -0.1) is 0 Å². The lowest BCUT2D eigenvalue weighted by atomic mass is 9.73. The third-order valence-corrected chi connectivity index (χ3v) is 7.24. The molecule has 3 heterocycles. The minimum Gasteiger partial charge on any atom is -0.488 e. The number of ether oxygens (including phenoxy) is 2. The average Bonchev–Trinajstić information content (AvgIpc) is 3.12. The predicted molar refractivity (Wildman–Crippen MR) is 131 cm³/mol. The molecule has 0 aromatic heterocycles. The first-order valence-electron chi connectivity index (χ1n) is 12.2.